The highest BCUT2D eigenvalue weighted by atomic mass is 79.9. The highest BCUT2D eigenvalue weighted by Gasteiger charge is 1.97. The summed E-state index contributed by atoms with van der Waals surface area (Å²) in [7, 11) is 0. The van der Waals surface area contributed by atoms with Crippen LogP contribution in [0.2, 0.25) is 5.02 Å². The van der Waals surface area contributed by atoms with Gasteiger partial charge in [0, 0.05) is 10.7 Å². The van der Waals surface area contributed by atoms with E-state index in [-0.39, 0.29) is 5.75 Å². The fourth-order valence-corrected chi connectivity index (χ4v) is 1.74. The third-order valence-electron chi connectivity index (χ3n) is 2.14. The van der Waals surface area contributed by atoms with Crippen LogP contribution < -0.4 is 0 Å². The lowest BCUT2D eigenvalue weighted by Gasteiger charge is -1.98. The predicted molar refractivity (Wildman–Crippen MR) is 74.5 cm³/mol. The van der Waals surface area contributed by atoms with Crippen molar-refractivity contribution in [3.8, 4) is 5.75 Å². The van der Waals surface area contributed by atoms with E-state index >= 15 is 0 Å². The highest BCUT2D eigenvalue weighted by Crippen LogP contribution is 2.26. The summed E-state index contributed by atoms with van der Waals surface area (Å²) in [6, 6.07) is 12.4. The molecule has 2 aromatic carbocycles. The summed E-state index contributed by atoms with van der Waals surface area (Å²) in [5.74, 6) is 0.225. The Bertz CT molecular complexity index is 569. The molecule has 0 aliphatic rings. The van der Waals surface area contributed by atoms with Gasteiger partial charge in [0.15, 0.2) is 0 Å². The van der Waals surface area contributed by atoms with Crippen LogP contribution >= 0.6 is 27.5 Å². The normalized spacial score (nSPS) is 10.9. The lowest BCUT2D eigenvalue weighted by Crippen LogP contribution is -1.79. The zero-order chi connectivity index (χ0) is 12.3. The molecule has 0 bridgehead atoms. The summed E-state index contributed by atoms with van der Waals surface area (Å²) >= 11 is 9.28. The molecule has 0 fully saturated rings. The van der Waals surface area contributed by atoms with Crippen molar-refractivity contribution in [1.29, 1.82) is 0 Å². The molecular weight excluding hydrogens is 302 g/mol. The van der Waals surface area contributed by atoms with Gasteiger partial charge in [-0.2, -0.15) is 0 Å². The average molecular weight is 311 g/mol. The van der Waals surface area contributed by atoms with Crippen molar-refractivity contribution in [1.82, 2.24) is 0 Å². The lowest BCUT2D eigenvalue weighted by atomic mass is 10.2. The third kappa shape index (κ3) is 3.32. The van der Waals surface area contributed by atoms with Crippen LogP contribution in [-0.2, 0) is 0 Å². The van der Waals surface area contributed by atoms with E-state index in [4.69, 9.17) is 11.6 Å². The second kappa shape index (κ2) is 5.34. The number of benzene rings is 2. The van der Waals surface area contributed by atoms with E-state index in [9.17, 15) is 5.11 Å². The number of halogens is 2. The summed E-state index contributed by atoms with van der Waals surface area (Å²) in [6.45, 7) is 0. The monoisotopic (exact) mass is 309 g/mol. The molecule has 0 aromatic heterocycles. The maximum atomic E-state index is 9.30. The van der Waals surface area contributed by atoms with Gasteiger partial charge in [0.25, 0.3) is 0 Å². The molecule has 0 aliphatic carbocycles. The van der Waals surface area contributed by atoms with Gasteiger partial charge in [-0.15, -0.1) is 0 Å². The first-order valence-corrected chi connectivity index (χ1v) is 6.10. The number of hydrogen-bond acceptors (Lipinski definition) is 2. The van der Waals surface area contributed by atoms with Crippen LogP contribution in [0.4, 0.5) is 5.69 Å². The van der Waals surface area contributed by atoms with E-state index in [1.165, 1.54) is 0 Å². The topological polar surface area (TPSA) is 32.6 Å². The third-order valence-corrected chi connectivity index (χ3v) is 3.37. The maximum absolute atomic E-state index is 9.30. The Morgan fingerprint density at radius 3 is 2.71 bits per heavy atom. The lowest BCUT2D eigenvalue weighted by molar-refractivity contribution is 0.475. The predicted octanol–water partition coefficient (Wildman–Crippen LogP) is 4.56. The number of hydrogen-bond donors (Lipinski definition) is 1. The van der Waals surface area contributed by atoms with E-state index in [0.29, 0.717) is 5.02 Å². The molecule has 4 heteroatoms. The molecule has 86 valence electrons. The van der Waals surface area contributed by atoms with Crippen LogP contribution in [0.15, 0.2) is 51.9 Å². The second-order valence-corrected chi connectivity index (χ2v) is 4.71. The van der Waals surface area contributed by atoms with Crippen LogP contribution in [0.5, 0.6) is 5.75 Å². The van der Waals surface area contributed by atoms with E-state index in [2.05, 4.69) is 20.9 Å². The van der Waals surface area contributed by atoms with Gasteiger partial charge in [0.05, 0.1) is 10.7 Å². The minimum atomic E-state index is 0.225. The first-order valence-electron chi connectivity index (χ1n) is 4.93. The van der Waals surface area contributed by atoms with Crippen molar-refractivity contribution in [3.05, 3.63) is 57.5 Å². The summed E-state index contributed by atoms with van der Waals surface area (Å²) in [6.07, 6.45) is 1.68. The minimum Gasteiger partial charge on any atom is -0.508 e. The van der Waals surface area contributed by atoms with Gasteiger partial charge in [-0.3, -0.25) is 4.99 Å². The molecule has 2 aromatic rings. The molecule has 0 unspecified atom stereocenters. The Labute approximate surface area is 113 Å². The summed E-state index contributed by atoms with van der Waals surface area (Å²) in [4.78, 5) is 4.28. The first-order chi connectivity index (χ1) is 8.15. The first kappa shape index (κ1) is 12.1. The fourth-order valence-electron chi connectivity index (χ4n) is 1.32. The molecule has 2 nitrogen and oxygen atoms in total. The van der Waals surface area contributed by atoms with Crippen molar-refractivity contribution in [2.45, 2.75) is 0 Å². The molecule has 0 spiro atoms. The summed E-state index contributed by atoms with van der Waals surface area (Å²) in [5.41, 5.74) is 1.60. The number of aromatic hydroxyl groups is 1. The Balaban J connectivity index is 2.23. The van der Waals surface area contributed by atoms with Gasteiger partial charge < -0.3 is 5.11 Å². The molecule has 2 rings (SSSR count). The average Bonchev–Trinajstić information content (AvgIpc) is 2.31. The van der Waals surface area contributed by atoms with Crippen molar-refractivity contribution >= 4 is 39.4 Å². The molecule has 0 amide bonds. The molecular formula is C13H9BrClNO. The van der Waals surface area contributed by atoms with Gasteiger partial charge in [0.1, 0.15) is 5.75 Å². The molecule has 1 N–H and O–H groups in total. The Morgan fingerprint density at radius 2 is 2.00 bits per heavy atom. The van der Waals surface area contributed by atoms with E-state index in [1.807, 2.05) is 18.2 Å². The smallest absolute Gasteiger partial charge is 0.116 e. The summed E-state index contributed by atoms with van der Waals surface area (Å²) in [5, 5.41) is 9.92. The largest absolute Gasteiger partial charge is 0.508 e. The molecule has 0 heterocycles. The van der Waals surface area contributed by atoms with Crippen molar-refractivity contribution in [3.63, 3.8) is 0 Å². The molecule has 0 atom stereocenters. The standard InChI is InChI=1S/C13H9BrClNO/c14-12-5-4-10(7-13(12)15)16-8-9-2-1-3-11(17)6-9/h1-8,17H. The van der Waals surface area contributed by atoms with Crippen LogP contribution in [-0.4, -0.2) is 11.3 Å². The van der Waals surface area contributed by atoms with Gasteiger partial charge in [0.2, 0.25) is 0 Å². The molecule has 0 aliphatic heterocycles. The quantitative estimate of drug-likeness (QED) is 0.810. The zero-order valence-electron chi connectivity index (χ0n) is 8.77. The summed E-state index contributed by atoms with van der Waals surface area (Å²) < 4.78 is 0.843. The SMILES string of the molecule is Oc1cccc(C=Nc2ccc(Br)c(Cl)c2)c1. The number of phenolic OH excluding ortho intramolecular Hbond substituents is 1. The number of rotatable bonds is 2. The van der Waals surface area contributed by atoms with E-state index in [1.54, 1.807) is 30.5 Å². The Hall–Kier alpha value is -1.32. The molecule has 0 saturated heterocycles. The van der Waals surface area contributed by atoms with Crippen LogP contribution in [0.1, 0.15) is 5.56 Å². The molecule has 17 heavy (non-hydrogen) atoms. The van der Waals surface area contributed by atoms with E-state index in [0.717, 1.165) is 15.7 Å². The molecule has 0 radical (unpaired) electrons. The Morgan fingerprint density at radius 1 is 1.18 bits per heavy atom. The number of phenols is 1. The van der Waals surface area contributed by atoms with Gasteiger partial charge >= 0.3 is 0 Å². The van der Waals surface area contributed by atoms with Crippen LogP contribution in [0.25, 0.3) is 0 Å². The van der Waals surface area contributed by atoms with Gasteiger partial charge in [-0.25, -0.2) is 0 Å². The number of nitrogens with zero attached hydrogens (tertiary/aromatic N) is 1. The van der Waals surface area contributed by atoms with Crippen molar-refractivity contribution in [2.75, 3.05) is 0 Å². The highest BCUT2D eigenvalue weighted by molar-refractivity contribution is 9.10. The second-order valence-electron chi connectivity index (χ2n) is 3.45. The fraction of sp³-hybridized carbons (Fsp3) is 0. The van der Waals surface area contributed by atoms with E-state index < -0.39 is 0 Å². The Kier molecular flexibility index (Phi) is 3.82. The van der Waals surface area contributed by atoms with Gasteiger partial charge in [-0.05, 0) is 51.8 Å². The van der Waals surface area contributed by atoms with Gasteiger partial charge in [-0.1, -0.05) is 23.7 Å². The molecule has 0 saturated carbocycles. The zero-order valence-corrected chi connectivity index (χ0v) is 11.1. The van der Waals surface area contributed by atoms with Crippen molar-refractivity contribution < 1.29 is 5.11 Å². The maximum Gasteiger partial charge on any atom is 0.116 e. The van der Waals surface area contributed by atoms with Crippen LogP contribution in [0.3, 0.4) is 0 Å². The van der Waals surface area contributed by atoms with Crippen molar-refractivity contribution in [2.24, 2.45) is 4.99 Å². The van der Waals surface area contributed by atoms with Crippen LogP contribution in [0, 0.1) is 0 Å². The minimum absolute atomic E-state index is 0.225. The number of aliphatic imine (C=N–C) groups is 1.